The highest BCUT2D eigenvalue weighted by molar-refractivity contribution is 5.87. The van der Waals surface area contributed by atoms with Crippen LogP contribution in [-0.4, -0.2) is 38.2 Å². The minimum absolute atomic E-state index is 0.207. The number of carbonyl (C=O) groups is 2. The molecule has 0 spiro atoms. The third-order valence-corrected chi connectivity index (χ3v) is 4.35. The number of ether oxygens (including phenoxy) is 1. The van der Waals surface area contributed by atoms with Crippen LogP contribution in [0.5, 0.6) is 0 Å². The largest absolute Gasteiger partial charge is 0.477 e. The summed E-state index contributed by atoms with van der Waals surface area (Å²) in [4.78, 5) is 30.2. The Balaban J connectivity index is 1.75. The van der Waals surface area contributed by atoms with Crippen molar-refractivity contribution in [3.8, 4) is 0 Å². The second-order valence-electron chi connectivity index (χ2n) is 7.39. The number of hydrogen-bond acceptors (Lipinski definition) is 4. The van der Waals surface area contributed by atoms with Gasteiger partial charge in [-0.15, -0.1) is 0 Å². The Morgan fingerprint density at radius 2 is 1.88 bits per heavy atom. The second kappa shape index (κ2) is 6.82. The van der Waals surface area contributed by atoms with Crippen molar-refractivity contribution in [3.05, 3.63) is 53.1 Å². The normalized spacial score (nSPS) is 14.0. The van der Waals surface area contributed by atoms with Crippen molar-refractivity contribution in [1.82, 2.24) is 14.5 Å². The molecule has 1 aromatic carbocycles. The summed E-state index contributed by atoms with van der Waals surface area (Å²) in [6.45, 7) is 7.02. The lowest BCUT2D eigenvalue weighted by atomic mass is 9.90. The van der Waals surface area contributed by atoms with Crippen molar-refractivity contribution in [2.45, 2.75) is 45.9 Å². The van der Waals surface area contributed by atoms with Gasteiger partial charge in [0.05, 0.1) is 12.2 Å². The van der Waals surface area contributed by atoms with Crippen molar-refractivity contribution < 1.29 is 19.4 Å². The summed E-state index contributed by atoms with van der Waals surface area (Å²) in [6.07, 6.45) is -0.419. The zero-order valence-electron chi connectivity index (χ0n) is 15.2. The summed E-state index contributed by atoms with van der Waals surface area (Å²) in [5, 5.41) is 9.59. The van der Waals surface area contributed by atoms with Gasteiger partial charge in [-0.2, -0.15) is 0 Å². The molecule has 0 aliphatic carbocycles. The fourth-order valence-corrected chi connectivity index (χ4v) is 3.04. The monoisotopic (exact) mass is 357 g/mol. The molecular formula is C19H23N3O4. The van der Waals surface area contributed by atoms with Crippen LogP contribution in [0.1, 0.15) is 48.3 Å². The molecule has 1 aliphatic rings. The molecule has 0 saturated carbocycles. The first-order chi connectivity index (χ1) is 12.3. The van der Waals surface area contributed by atoms with Crippen LogP contribution >= 0.6 is 0 Å². The molecule has 138 valence electrons. The summed E-state index contributed by atoms with van der Waals surface area (Å²) >= 11 is 0. The second-order valence-corrected chi connectivity index (χ2v) is 7.39. The zero-order valence-corrected chi connectivity index (χ0v) is 15.2. The number of aromatic nitrogens is 2. The van der Waals surface area contributed by atoms with E-state index < -0.39 is 17.5 Å². The van der Waals surface area contributed by atoms with E-state index in [0.717, 1.165) is 5.56 Å². The number of carboxylic acid groups (broad SMARTS) is 1. The summed E-state index contributed by atoms with van der Waals surface area (Å²) < 4.78 is 7.07. The van der Waals surface area contributed by atoms with E-state index in [1.807, 2.05) is 51.1 Å². The van der Waals surface area contributed by atoms with Gasteiger partial charge in [0.15, 0.2) is 5.69 Å². The molecule has 0 fully saturated rings. The third-order valence-electron chi connectivity index (χ3n) is 4.35. The molecule has 2 aromatic rings. The lowest BCUT2D eigenvalue weighted by molar-refractivity contribution is 0.0674. The Morgan fingerprint density at radius 3 is 2.50 bits per heavy atom. The number of rotatable bonds is 3. The van der Waals surface area contributed by atoms with E-state index in [4.69, 9.17) is 4.74 Å². The highest BCUT2D eigenvalue weighted by Gasteiger charge is 2.33. The molecule has 1 N–H and O–H groups in total. The predicted octanol–water partition coefficient (Wildman–Crippen LogP) is 3.03. The van der Waals surface area contributed by atoms with Gasteiger partial charge in [0, 0.05) is 18.5 Å². The van der Waals surface area contributed by atoms with Crippen LogP contribution in [-0.2, 0) is 29.8 Å². The third kappa shape index (κ3) is 3.56. The first kappa shape index (κ1) is 18.0. The molecule has 26 heavy (non-hydrogen) atoms. The molecule has 0 bridgehead atoms. The topological polar surface area (TPSA) is 84.7 Å². The maximum atomic E-state index is 12.4. The molecule has 0 saturated heterocycles. The molecule has 1 amide bonds. The Hall–Kier alpha value is -2.83. The quantitative estimate of drug-likeness (QED) is 0.913. The molecule has 1 aliphatic heterocycles. The number of carboxylic acids is 1. The molecule has 0 atom stereocenters. The van der Waals surface area contributed by atoms with E-state index in [9.17, 15) is 14.7 Å². The smallest absolute Gasteiger partial charge is 0.410 e. The van der Waals surface area contributed by atoms with Gasteiger partial charge in [0.1, 0.15) is 12.4 Å². The van der Waals surface area contributed by atoms with Crippen LogP contribution in [0.4, 0.5) is 4.79 Å². The SMILES string of the molecule is CC(C)(C)c1nc2n(c1C(=O)O)CCN(C(=O)OCc1ccccc1)C2. The van der Waals surface area contributed by atoms with Crippen molar-refractivity contribution >= 4 is 12.1 Å². The van der Waals surface area contributed by atoms with E-state index >= 15 is 0 Å². The highest BCUT2D eigenvalue weighted by Crippen LogP contribution is 2.28. The fourth-order valence-electron chi connectivity index (χ4n) is 3.04. The summed E-state index contributed by atoms with van der Waals surface area (Å²) in [5.74, 6) is -0.413. The van der Waals surface area contributed by atoms with E-state index in [-0.39, 0.29) is 18.8 Å². The van der Waals surface area contributed by atoms with Crippen LogP contribution in [0, 0.1) is 0 Å². The Labute approximate surface area is 152 Å². The van der Waals surface area contributed by atoms with E-state index in [1.165, 1.54) is 0 Å². The minimum Gasteiger partial charge on any atom is -0.477 e. The molecule has 7 nitrogen and oxygen atoms in total. The summed E-state index contributed by atoms with van der Waals surface area (Å²) in [6, 6.07) is 9.48. The molecule has 3 rings (SSSR count). The van der Waals surface area contributed by atoms with Crippen molar-refractivity contribution in [2.24, 2.45) is 0 Å². The highest BCUT2D eigenvalue weighted by atomic mass is 16.6. The van der Waals surface area contributed by atoms with Gasteiger partial charge in [-0.05, 0) is 5.56 Å². The molecule has 2 heterocycles. The predicted molar refractivity (Wildman–Crippen MR) is 94.9 cm³/mol. The van der Waals surface area contributed by atoms with E-state index in [1.54, 1.807) is 9.47 Å². The molecule has 7 heteroatoms. The Kier molecular flexibility index (Phi) is 4.71. The van der Waals surface area contributed by atoms with Gasteiger partial charge in [0.2, 0.25) is 0 Å². The summed E-state index contributed by atoms with van der Waals surface area (Å²) in [7, 11) is 0. The minimum atomic E-state index is -0.992. The van der Waals surface area contributed by atoms with Crippen molar-refractivity contribution in [2.75, 3.05) is 6.54 Å². The van der Waals surface area contributed by atoms with Gasteiger partial charge in [-0.25, -0.2) is 14.6 Å². The average molecular weight is 357 g/mol. The molecule has 0 radical (unpaired) electrons. The van der Waals surface area contributed by atoms with Gasteiger partial charge in [-0.1, -0.05) is 51.1 Å². The van der Waals surface area contributed by atoms with E-state index in [0.29, 0.717) is 24.6 Å². The first-order valence-electron chi connectivity index (χ1n) is 8.56. The van der Waals surface area contributed by atoms with Gasteiger partial charge < -0.3 is 14.4 Å². The lowest BCUT2D eigenvalue weighted by Gasteiger charge is -2.27. The lowest BCUT2D eigenvalue weighted by Crippen LogP contribution is -2.39. The number of carbonyl (C=O) groups excluding carboxylic acids is 1. The fraction of sp³-hybridized carbons (Fsp3) is 0.421. The number of aromatic carboxylic acids is 1. The van der Waals surface area contributed by atoms with Crippen molar-refractivity contribution in [3.63, 3.8) is 0 Å². The van der Waals surface area contributed by atoms with E-state index in [2.05, 4.69) is 4.98 Å². The number of nitrogens with zero attached hydrogens (tertiary/aromatic N) is 3. The zero-order chi connectivity index (χ0) is 18.9. The molecule has 1 aromatic heterocycles. The van der Waals surface area contributed by atoms with Crippen LogP contribution < -0.4 is 0 Å². The Bertz CT molecular complexity index is 821. The number of fused-ring (bicyclic) bond motifs is 1. The molecular weight excluding hydrogens is 334 g/mol. The maximum Gasteiger partial charge on any atom is 0.410 e. The van der Waals surface area contributed by atoms with Gasteiger partial charge >= 0.3 is 12.1 Å². The van der Waals surface area contributed by atoms with Crippen LogP contribution in [0.2, 0.25) is 0 Å². The summed E-state index contributed by atoms with van der Waals surface area (Å²) in [5.41, 5.74) is 1.28. The van der Waals surface area contributed by atoms with Gasteiger partial charge in [0.25, 0.3) is 0 Å². The first-order valence-corrected chi connectivity index (χ1v) is 8.56. The number of amides is 1. The maximum absolute atomic E-state index is 12.4. The standard InChI is InChI=1S/C19H23N3O4/c1-19(2,3)16-15(17(23)24)22-10-9-21(11-14(22)20-16)18(25)26-12-13-7-5-4-6-8-13/h4-8H,9-12H2,1-3H3,(H,23,24). The van der Waals surface area contributed by atoms with Crippen LogP contribution in [0.3, 0.4) is 0 Å². The molecule has 0 unspecified atom stereocenters. The van der Waals surface area contributed by atoms with Gasteiger partial charge in [-0.3, -0.25) is 4.90 Å². The van der Waals surface area contributed by atoms with Crippen LogP contribution in [0.25, 0.3) is 0 Å². The number of imidazole rings is 1. The number of benzene rings is 1. The average Bonchev–Trinajstić information content (AvgIpc) is 3.00. The van der Waals surface area contributed by atoms with Crippen LogP contribution in [0.15, 0.2) is 30.3 Å². The van der Waals surface area contributed by atoms with Crippen molar-refractivity contribution in [1.29, 1.82) is 0 Å². The number of hydrogen-bond donors (Lipinski definition) is 1. The Morgan fingerprint density at radius 1 is 1.19 bits per heavy atom.